The lowest BCUT2D eigenvalue weighted by Crippen LogP contribution is -2.46. The van der Waals surface area contributed by atoms with Gasteiger partial charge >= 0.3 is 6.09 Å². The van der Waals surface area contributed by atoms with Gasteiger partial charge in [-0.05, 0) is 96.5 Å². The largest absolute Gasteiger partial charge is 0.465 e. The number of carboxylic acid groups (broad SMARTS) is 1. The van der Waals surface area contributed by atoms with E-state index in [9.17, 15) is 33.2 Å². The summed E-state index contributed by atoms with van der Waals surface area (Å²) in [6.45, 7) is 7.29. The van der Waals surface area contributed by atoms with Gasteiger partial charge in [-0.3, -0.25) is 19.8 Å². The highest BCUT2D eigenvalue weighted by Crippen LogP contribution is 2.34. The Labute approximate surface area is 371 Å². The number of carbonyl (C=O) groups excluding carboxylic acids is 1. The van der Waals surface area contributed by atoms with Gasteiger partial charge in [0.2, 0.25) is 0 Å². The second-order valence-electron chi connectivity index (χ2n) is 15.5. The average Bonchev–Trinajstić information content (AvgIpc) is 3.28. The monoisotopic (exact) mass is 896 g/mol. The van der Waals surface area contributed by atoms with Crippen molar-refractivity contribution < 1.29 is 37.5 Å². The van der Waals surface area contributed by atoms with E-state index in [2.05, 4.69) is 32.0 Å². The first kappa shape index (κ1) is 44.8. The SMILES string of the molecule is CCN(Cc1cccc(Oc2cc(N3CCN(Cc4ccccc4-c4ccc(Cl)cc4)CC3)ccc2C(=O)NS(=O)(=O)c2ccc(NCC3CCOCC3)c([N+](=O)[O-])c2)c1)C(=O)O. The number of anilines is 2. The molecule has 2 aliphatic heterocycles. The van der Waals surface area contributed by atoms with Crippen LogP contribution in [0.2, 0.25) is 5.02 Å². The van der Waals surface area contributed by atoms with Crippen LogP contribution in [0.1, 0.15) is 41.3 Å². The fraction of sp³-hybridized carbons (Fsp3) is 0.304. The van der Waals surface area contributed by atoms with Gasteiger partial charge in [0.15, 0.2) is 0 Å². The number of carbonyl (C=O) groups is 2. The Morgan fingerprint density at radius 3 is 2.40 bits per heavy atom. The van der Waals surface area contributed by atoms with Crippen LogP contribution in [0.3, 0.4) is 0 Å². The molecule has 2 amide bonds. The third-order valence-corrected chi connectivity index (χ3v) is 12.9. The topological polar surface area (TPSA) is 184 Å². The minimum atomic E-state index is -4.61. The molecule has 0 radical (unpaired) electrons. The standard InChI is InChI=1S/C46H49ClN6O9S/c1-2-51(46(55)56)30-33-6-5-8-38(26-33)62-44-27-37(52-22-20-50(21-23-52)31-35-7-3-4-9-40(35)34-10-12-36(47)13-11-34)14-16-41(44)45(54)49-63(59,60)39-15-17-42(43(28-39)53(57)58)48-29-32-18-24-61-25-19-32/h3-17,26-28,32,48H,2,18-25,29-31H2,1H3,(H,49,54)(H,55,56). The lowest BCUT2D eigenvalue weighted by Gasteiger charge is -2.36. The zero-order chi connectivity index (χ0) is 44.5. The maximum atomic E-state index is 14.0. The first-order valence-corrected chi connectivity index (χ1v) is 22.6. The van der Waals surface area contributed by atoms with E-state index < -0.39 is 37.5 Å². The lowest BCUT2D eigenvalue weighted by molar-refractivity contribution is -0.384. The number of nitro groups is 1. The Bertz CT molecular complexity index is 2550. The van der Waals surface area contributed by atoms with Crippen LogP contribution in [0.4, 0.5) is 21.9 Å². The molecule has 63 heavy (non-hydrogen) atoms. The van der Waals surface area contributed by atoms with Gasteiger partial charge in [0.25, 0.3) is 21.6 Å². The van der Waals surface area contributed by atoms with Crippen LogP contribution in [0.5, 0.6) is 11.5 Å². The molecule has 0 atom stereocenters. The molecule has 0 saturated carbocycles. The number of ether oxygens (including phenoxy) is 2. The summed E-state index contributed by atoms with van der Waals surface area (Å²) in [5.74, 6) is -0.405. The molecule has 0 aliphatic carbocycles. The zero-order valence-electron chi connectivity index (χ0n) is 34.7. The average molecular weight is 897 g/mol. The van der Waals surface area contributed by atoms with Gasteiger partial charge in [-0.15, -0.1) is 0 Å². The van der Waals surface area contributed by atoms with Crippen molar-refractivity contribution in [2.24, 2.45) is 5.92 Å². The molecule has 0 bridgehead atoms. The maximum Gasteiger partial charge on any atom is 0.407 e. The predicted octanol–water partition coefficient (Wildman–Crippen LogP) is 8.49. The van der Waals surface area contributed by atoms with E-state index in [4.69, 9.17) is 21.1 Å². The van der Waals surface area contributed by atoms with Crippen molar-refractivity contribution >= 4 is 50.7 Å². The van der Waals surface area contributed by atoms with Gasteiger partial charge in [0.05, 0.1) is 15.4 Å². The zero-order valence-corrected chi connectivity index (χ0v) is 36.3. The van der Waals surface area contributed by atoms with Crippen molar-refractivity contribution in [1.29, 1.82) is 0 Å². The van der Waals surface area contributed by atoms with Gasteiger partial charge in [-0.25, -0.2) is 17.9 Å². The summed E-state index contributed by atoms with van der Waals surface area (Å²) in [6, 6.07) is 31.2. The molecule has 5 aromatic carbocycles. The Balaban J connectivity index is 1.11. The molecule has 2 heterocycles. The molecule has 2 fully saturated rings. The van der Waals surface area contributed by atoms with Gasteiger partial charge in [0.1, 0.15) is 17.2 Å². The van der Waals surface area contributed by atoms with E-state index in [1.165, 1.54) is 28.7 Å². The number of amides is 2. The quantitative estimate of drug-likeness (QED) is 0.0635. The minimum absolute atomic E-state index is 0.0564. The molecule has 330 valence electrons. The summed E-state index contributed by atoms with van der Waals surface area (Å²) in [4.78, 5) is 42.4. The fourth-order valence-electron chi connectivity index (χ4n) is 7.74. The Morgan fingerprint density at radius 1 is 0.937 bits per heavy atom. The number of sulfonamides is 1. The summed E-state index contributed by atoms with van der Waals surface area (Å²) in [7, 11) is -4.61. The highest BCUT2D eigenvalue weighted by molar-refractivity contribution is 7.90. The highest BCUT2D eigenvalue weighted by atomic mass is 35.5. The van der Waals surface area contributed by atoms with Crippen LogP contribution in [0, 0.1) is 16.0 Å². The van der Waals surface area contributed by atoms with E-state index in [0.717, 1.165) is 55.4 Å². The molecule has 0 unspecified atom stereocenters. The maximum absolute atomic E-state index is 14.0. The van der Waals surface area contributed by atoms with E-state index in [-0.39, 0.29) is 36.0 Å². The third-order valence-electron chi connectivity index (χ3n) is 11.3. The lowest BCUT2D eigenvalue weighted by atomic mass is 9.99. The third kappa shape index (κ3) is 11.4. The summed E-state index contributed by atoms with van der Waals surface area (Å²) in [5.41, 5.74) is 4.41. The Kier molecular flexibility index (Phi) is 14.5. The van der Waals surface area contributed by atoms with Crippen molar-refractivity contribution in [1.82, 2.24) is 14.5 Å². The van der Waals surface area contributed by atoms with E-state index >= 15 is 0 Å². The van der Waals surface area contributed by atoms with E-state index in [1.807, 2.05) is 36.4 Å². The number of rotatable bonds is 16. The molecule has 3 N–H and O–H groups in total. The number of nitrogens with one attached hydrogen (secondary N) is 2. The van der Waals surface area contributed by atoms with Crippen LogP contribution in [0.25, 0.3) is 11.1 Å². The summed E-state index contributed by atoms with van der Waals surface area (Å²) < 4.78 is 41.2. The number of halogens is 1. The fourth-order valence-corrected chi connectivity index (χ4v) is 8.86. The molecular formula is C46H49ClN6O9S. The second-order valence-corrected chi connectivity index (χ2v) is 17.6. The normalized spacial score (nSPS) is 14.8. The number of piperazine rings is 1. The molecule has 15 nitrogen and oxygen atoms in total. The summed E-state index contributed by atoms with van der Waals surface area (Å²) in [6.07, 6.45) is 0.532. The Hall–Kier alpha value is -6.20. The molecule has 0 spiro atoms. The Morgan fingerprint density at radius 2 is 1.68 bits per heavy atom. The first-order valence-electron chi connectivity index (χ1n) is 20.7. The van der Waals surface area contributed by atoms with Crippen molar-refractivity contribution in [3.63, 3.8) is 0 Å². The van der Waals surface area contributed by atoms with E-state index in [1.54, 1.807) is 43.3 Å². The molecular weight excluding hydrogens is 848 g/mol. The van der Waals surface area contributed by atoms with Crippen molar-refractivity contribution in [2.45, 2.75) is 37.8 Å². The number of nitro benzene ring substituents is 1. The van der Waals surface area contributed by atoms with Crippen molar-refractivity contribution in [3.8, 4) is 22.6 Å². The van der Waals surface area contributed by atoms with E-state index in [0.29, 0.717) is 49.2 Å². The van der Waals surface area contributed by atoms with Gasteiger partial charge < -0.3 is 29.7 Å². The van der Waals surface area contributed by atoms with Crippen molar-refractivity contribution in [3.05, 3.63) is 141 Å². The number of benzene rings is 5. The molecule has 0 aromatic heterocycles. The first-order chi connectivity index (χ1) is 30.4. The number of hydrogen-bond acceptors (Lipinski definition) is 11. The molecule has 2 saturated heterocycles. The number of nitrogens with zero attached hydrogens (tertiary/aromatic N) is 4. The summed E-state index contributed by atoms with van der Waals surface area (Å²) in [5, 5.41) is 25.5. The van der Waals surface area contributed by atoms with Crippen LogP contribution in [-0.2, 0) is 27.8 Å². The van der Waals surface area contributed by atoms with Crippen molar-refractivity contribution in [2.75, 3.05) is 62.7 Å². The predicted molar refractivity (Wildman–Crippen MR) is 241 cm³/mol. The highest BCUT2D eigenvalue weighted by Gasteiger charge is 2.27. The van der Waals surface area contributed by atoms with Crippen LogP contribution < -0.4 is 19.7 Å². The van der Waals surface area contributed by atoms with Gasteiger partial charge in [-0.2, -0.15) is 0 Å². The van der Waals surface area contributed by atoms with Crippen LogP contribution >= 0.6 is 11.6 Å². The van der Waals surface area contributed by atoms with Crippen LogP contribution in [0.15, 0.2) is 114 Å². The summed E-state index contributed by atoms with van der Waals surface area (Å²) >= 11 is 6.16. The molecule has 5 aromatic rings. The minimum Gasteiger partial charge on any atom is -0.465 e. The number of hydrogen-bond donors (Lipinski definition) is 3. The molecule has 17 heteroatoms. The molecule has 2 aliphatic rings. The van der Waals surface area contributed by atoms with Gasteiger partial charge in [-0.1, -0.05) is 60.1 Å². The molecule has 7 rings (SSSR count). The van der Waals surface area contributed by atoms with Gasteiger partial charge in [0, 0.05) is 88.4 Å². The smallest absolute Gasteiger partial charge is 0.407 e. The van der Waals surface area contributed by atoms with Crippen LogP contribution in [-0.4, -0.2) is 92.7 Å². The second kappa shape index (κ2) is 20.3.